The first-order valence-corrected chi connectivity index (χ1v) is 7.66. The predicted molar refractivity (Wildman–Crippen MR) is 77.4 cm³/mol. The van der Waals surface area contributed by atoms with E-state index in [4.69, 9.17) is 14.5 Å². The van der Waals surface area contributed by atoms with Gasteiger partial charge in [-0.25, -0.2) is 4.79 Å². The van der Waals surface area contributed by atoms with Crippen LogP contribution in [0.4, 0.5) is 0 Å². The Balaban J connectivity index is 1.92. The molecule has 0 aromatic carbocycles. The lowest BCUT2D eigenvalue weighted by molar-refractivity contribution is -0.395. The van der Waals surface area contributed by atoms with Crippen LogP contribution >= 0.6 is 0 Å². The molecule has 0 saturated heterocycles. The highest BCUT2D eigenvalue weighted by molar-refractivity contribution is 5.83. The molecule has 2 aliphatic rings. The summed E-state index contributed by atoms with van der Waals surface area (Å²) in [4.78, 5) is 33.6. The molecule has 0 radical (unpaired) electrons. The Morgan fingerprint density at radius 3 is 2.36 bits per heavy atom. The molecule has 0 aliphatic heterocycles. The number of carboxylic acids is 1. The van der Waals surface area contributed by atoms with Gasteiger partial charge in [0.1, 0.15) is 0 Å². The number of ether oxygens (including phenoxy) is 1. The summed E-state index contributed by atoms with van der Waals surface area (Å²) in [5.41, 5.74) is 0. The van der Waals surface area contributed by atoms with E-state index in [1.165, 1.54) is 0 Å². The van der Waals surface area contributed by atoms with Crippen LogP contribution in [0, 0.1) is 29.6 Å². The summed E-state index contributed by atoms with van der Waals surface area (Å²) in [5.74, 6) is -3.93. The molecule has 0 amide bonds. The van der Waals surface area contributed by atoms with Gasteiger partial charge in [-0.05, 0) is 38.0 Å². The number of carboxylic acid groups (broad SMARTS) is 1. The summed E-state index contributed by atoms with van der Waals surface area (Å²) in [6.45, 7) is 7.78. The second-order valence-electron chi connectivity index (χ2n) is 6.93. The molecule has 6 nitrogen and oxygen atoms in total. The fraction of sp³-hybridized carbons (Fsp3) is 0.750. The standard InChI is InChI=1S/C16H24O6/c1-9(2)8-20-16(3,4)22-21-15(19)13-11-6-5-10(7-11)12(13)14(17)18/h5-6,9-13H,7-8H2,1-4H3,(H,17,18). The maximum absolute atomic E-state index is 12.2. The average molecular weight is 312 g/mol. The molecular weight excluding hydrogens is 288 g/mol. The van der Waals surface area contributed by atoms with Gasteiger partial charge < -0.3 is 9.84 Å². The normalized spacial score (nSPS) is 30.0. The minimum Gasteiger partial charge on any atom is -0.481 e. The maximum atomic E-state index is 12.2. The molecular formula is C16H24O6. The van der Waals surface area contributed by atoms with E-state index in [1.807, 2.05) is 26.0 Å². The molecule has 124 valence electrons. The summed E-state index contributed by atoms with van der Waals surface area (Å²) < 4.78 is 5.51. The van der Waals surface area contributed by atoms with Crippen LogP contribution in [-0.2, 0) is 24.1 Å². The zero-order chi connectivity index (χ0) is 16.5. The largest absolute Gasteiger partial charge is 0.481 e. The first kappa shape index (κ1) is 17.0. The van der Waals surface area contributed by atoms with E-state index in [2.05, 4.69) is 0 Å². The van der Waals surface area contributed by atoms with Crippen molar-refractivity contribution in [1.29, 1.82) is 0 Å². The molecule has 4 atom stereocenters. The lowest BCUT2D eigenvalue weighted by Gasteiger charge is -2.27. The lowest BCUT2D eigenvalue weighted by Crippen LogP contribution is -2.37. The first-order valence-electron chi connectivity index (χ1n) is 7.66. The van der Waals surface area contributed by atoms with Gasteiger partial charge in [0.2, 0.25) is 5.79 Å². The van der Waals surface area contributed by atoms with Crippen molar-refractivity contribution < 1.29 is 29.2 Å². The van der Waals surface area contributed by atoms with Crippen molar-refractivity contribution in [3.63, 3.8) is 0 Å². The molecule has 1 N–H and O–H groups in total. The van der Waals surface area contributed by atoms with Crippen molar-refractivity contribution >= 4 is 11.9 Å². The number of rotatable bonds is 7. The summed E-state index contributed by atoms with van der Waals surface area (Å²) >= 11 is 0. The second-order valence-corrected chi connectivity index (χ2v) is 6.93. The van der Waals surface area contributed by atoms with Gasteiger partial charge in [0.05, 0.1) is 18.4 Å². The van der Waals surface area contributed by atoms with Gasteiger partial charge in [0.15, 0.2) is 0 Å². The maximum Gasteiger partial charge on any atom is 0.347 e. The van der Waals surface area contributed by atoms with Crippen molar-refractivity contribution in [2.75, 3.05) is 6.61 Å². The van der Waals surface area contributed by atoms with E-state index < -0.39 is 29.6 Å². The summed E-state index contributed by atoms with van der Waals surface area (Å²) in [6, 6.07) is 0. The third kappa shape index (κ3) is 3.67. The van der Waals surface area contributed by atoms with Crippen molar-refractivity contribution in [1.82, 2.24) is 0 Å². The Morgan fingerprint density at radius 1 is 1.23 bits per heavy atom. The molecule has 1 saturated carbocycles. The van der Waals surface area contributed by atoms with E-state index in [9.17, 15) is 14.7 Å². The quantitative estimate of drug-likeness (QED) is 0.336. The highest BCUT2D eigenvalue weighted by Crippen LogP contribution is 2.48. The number of carbonyl (C=O) groups is 2. The van der Waals surface area contributed by atoms with Gasteiger partial charge in [0.25, 0.3) is 0 Å². The first-order chi connectivity index (χ1) is 10.2. The Kier molecular flexibility index (Phi) is 4.92. The van der Waals surface area contributed by atoms with Crippen molar-refractivity contribution in [2.24, 2.45) is 29.6 Å². The smallest absolute Gasteiger partial charge is 0.347 e. The topological polar surface area (TPSA) is 82.1 Å². The molecule has 0 heterocycles. The second kappa shape index (κ2) is 6.38. The number of hydrogen-bond acceptors (Lipinski definition) is 5. The van der Waals surface area contributed by atoms with Crippen LogP contribution in [0.2, 0.25) is 0 Å². The Hall–Kier alpha value is -1.40. The fourth-order valence-corrected chi connectivity index (χ4v) is 3.07. The molecule has 2 bridgehead atoms. The molecule has 0 aromatic heterocycles. The Bertz CT molecular complexity index is 467. The number of allylic oxidation sites excluding steroid dienone is 2. The lowest BCUT2D eigenvalue weighted by atomic mass is 9.83. The van der Waals surface area contributed by atoms with Crippen LogP contribution in [-0.4, -0.2) is 29.4 Å². The van der Waals surface area contributed by atoms with Crippen molar-refractivity contribution in [3.8, 4) is 0 Å². The average Bonchev–Trinajstić information content (AvgIpc) is 3.03. The van der Waals surface area contributed by atoms with Gasteiger partial charge in [-0.2, -0.15) is 4.89 Å². The van der Waals surface area contributed by atoms with Crippen LogP contribution < -0.4 is 0 Å². The van der Waals surface area contributed by atoms with Crippen LogP contribution in [0.3, 0.4) is 0 Å². The van der Waals surface area contributed by atoms with Crippen LogP contribution in [0.25, 0.3) is 0 Å². The minimum atomic E-state index is -1.06. The van der Waals surface area contributed by atoms with E-state index in [1.54, 1.807) is 13.8 Å². The third-order valence-electron chi connectivity index (χ3n) is 4.11. The number of fused-ring (bicyclic) bond motifs is 2. The van der Waals surface area contributed by atoms with Crippen molar-refractivity contribution in [2.45, 2.75) is 39.9 Å². The molecule has 0 aromatic rings. The van der Waals surface area contributed by atoms with E-state index in [0.717, 1.165) is 0 Å². The number of aliphatic carboxylic acids is 1. The van der Waals surface area contributed by atoms with Gasteiger partial charge in [-0.1, -0.05) is 26.0 Å². The Labute approximate surface area is 130 Å². The minimum absolute atomic E-state index is 0.0816. The summed E-state index contributed by atoms with van der Waals surface area (Å²) in [7, 11) is 0. The Morgan fingerprint density at radius 2 is 1.82 bits per heavy atom. The third-order valence-corrected chi connectivity index (χ3v) is 4.11. The van der Waals surface area contributed by atoms with Crippen LogP contribution in [0.15, 0.2) is 12.2 Å². The number of hydrogen-bond donors (Lipinski definition) is 1. The fourth-order valence-electron chi connectivity index (χ4n) is 3.07. The highest BCUT2D eigenvalue weighted by Gasteiger charge is 2.53. The van der Waals surface area contributed by atoms with Gasteiger partial charge >= 0.3 is 11.9 Å². The highest BCUT2D eigenvalue weighted by atomic mass is 17.2. The molecule has 2 aliphatic carbocycles. The van der Waals surface area contributed by atoms with Gasteiger partial charge in [-0.15, -0.1) is 0 Å². The number of carbonyl (C=O) groups excluding carboxylic acids is 1. The molecule has 6 heteroatoms. The van der Waals surface area contributed by atoms with E-state index in [-0.39, 0.29) is 11.8 Å². The van der Waals surface area contributed by atoms with E-state index in [0.29, 0.717) is 18.9 Å². The van der Waals surface area contributed by atoms with E-state index >= 15 is 0 Å². The predicted octanol–water partition coefficient (Wildman–Crippen LogP) is 2.39. The summed E-state index contributed by atoms with van der Waals surface area (Å²) in [5, 5.41) is 9.32. The molecule has 2 rings (SSSR count). The summed E-state index contributed by atoms with van der Waals surface area (Å²) in [6.07, 6.45) is 4.46. The zero-order valence-electron chi connectivity index (χ0n) is 13.4. The molecule has 0 spiro atoms. The van der Waals surface area contributed by atoms with Crippen LogP contribution in [0.1, 0.15) is 34.1 Å². The van der Waals surface area contributed by atoms with Gasteiger partial charge in [-0.3, -0.25) is 9.68 Å². The SMILES string of the molecule is CC(C)COC(C)(C)OOC(=O)C1C2C=CC(C2)C1C(=O)O. The monoisotopic (exact) mass is 312 g/mol. The molecule has 1 fully saturated rings. The van der Waals surface area contributed by atoms with Gasteiger partial charge in [0, 0.05) is 0 Å². The molecule has 22 heavy (non-hydrogen) atoms. The zero-order valence-corrected chi connectivity index (χ0v) is 13.4. The van der Waals surface area contributed by atoms with Crippen LogP contribution in [0.5, 0.6) is 0 Å². The van der Waals surface area contributed by atoms with Crippen molar-refractivity contribution in [3.05, 3.63) is 12.2 Å². The molecule has 4 unspecified atom stereocenters.